The molecule has 0 bridgehead atoms. The van der Waals surface area contributed by atoms with E-state index in [2.05, 4.69) is 36.1 Å². The van der Waals surface area contributed by atoms with Gasteiger partial charge in [-0.15, -0.1) is 0 Å². The van der Waals surface area contributed by atoms with E-state index >= 15 is 0 Å². The number of piperidine rings is 2. The van der Waals surface area contributed by atoms with Crippen molar-refractivity contribution in [2.75, 3.05) is 32.8 Å². The third kappa shape index (κ3) is 5.13. The predicted octanol–water partition coefficient (Wildman–Crippen LogP) is 2.66. The first-order valence-corrected chi connectivity index (χ1v) is 10.9. The van der Waals surface area contributed by atoms with Crippen molar-refractivity contribution in [2.45, 2.75) is 58.1 Å². The first-order valence-electron chi connectivity index (χ1n) is 10.9. The molecular weight excluding hydrogens is 352 g/mol. The van der Waals surface area contributed by atoms with Crippen LogP contribution in [0.2, 0.25) is 0 Å². The average molecular weight is 389 g/mol. The van der Waals surface area contributed by atoms with E-state index < -0.39 is 11.5 Å². The van der Waals surface area contributed by atoms with Crippen LogP contribution in [0.15, 0.2) is 30.3 Å². The van der Waals surface area contributed by atoms with Crippen molar-refractivity contribution in [1.82, 2.24) is 9.80 Å². The van der Waals surface area contributed by atoms with Crippen LogP contribution in [0.5, 0.6) is 0 Å². The van der Waals surface area contributed by atoms with Gasteiger partial charge in [-0.3, -0.25) is 9.69 Å². The van der Waals surface area contributed by atoms with E-state index in [9.17, 15) is 15.0 Å². The normalized spacial score (nSPS) is 27.1. The Labute approximate surface area is 169 Å². The van der Waals surface area contributed by atoms with Gasteiger partial charge in [-0.2, -0.15) is 0 Å². The van der Waals surface area contributed by atoms with Gasteiger partial charge < -0.3 is 15.1 Å². The lowest BCUT2D eigenvalue weighted by Gasteiger charge is -2.45. The zero-order valence-corrected chi connectivity index (χ0v) is 17.2. The lowest BCUT2D eigenvalue weighted by Crippen LogP contribution is -2.55. The van der Waals surface area contributed by atoms with Crippen molar-refractivity contribution in [2.24, 2.45) is 11.3 Å². The highest BCUT2D eigenvalue weighted by Gasteiger charge is 2.43. The molecule has 2 saturated heterocycles. The van der Waals surface area contributed by atoms with Crippen LogP contribution >= 0.6 is 0 Å². The summed E-state index contributed by atoms with van der Waals surface area (Å²) in [6.07, 6.45) is 4.45. The molecule has 1 aromatic rings. The first kappa shape index (κ1) is 21.3. The molecule has 2 aliphatic rings. The van der Waals surface area contributed by atoms with Crippen molar-refractivity contribution in [3.05, 3.63) is 35.9 Å². The second-order valence-electron chi connectivity index (χ2n) is 8.80. The van der Waals surface area contributed by atoms with E-state index in [-0.39, 0.29) is 12.5 Å². The van der Waals surface area contributed by atoms with Crippen LogP contribution in [0.25, 0.3) is 0 Å². The molecule has 1 amide bonds. The minimum atomic E-state index is -0.540. The largest absolute Gasteiger partial charge is 0.396 e. The van der Waals surface area contributed by atoms with Gasteiger partial charge in [0.15, 0.2) is 0 Å². The zero-order valence-electron chi connectivity index (χ0n) is 17.2. The Balaban J connectivity index is 1.47. The summed E-state index contributed by atoms with van der Waals surface area (Å²) in [4.78, 5) is 17.3. The Morgan fingerprint density at radius 1 is 1.14 bits per heavy atom. The van der Waals surface area contributed by atoms with Crippen LogP contribution in [0.4, 0.5) is 0 Å². The number of aliphatic hydroxyl groups is 2. The van der Waals surface area contributed by atoms with Gasteiger partial charge in [0.2, 0.25) is 5.91 Å². The highest BCUT2D eigenvalue weighted by atomic mass is 16.3. The average Bonchev–Trinajstić information content (AvgIpc) is 2.72. The van der Waals surface area contributed by atoms with Crippen LogP contribution in [0, 0.1) is 11.3 Å². The molecule has 0 aliphatic carbocycles. The molecule has 1 aromatic carbocycles. The molecule has 5 nitrogen and oxygen atoms in total. The van der Waals surface area contributed by atoms with E-state index in [0.717, 1.165) is 45.3 Å². The van der Waals surface area contributed by atoms with E-state index in [0.29, 0.717) is 31.8 Å². The number of likely N-dealkylation sites (tertiary alicyclic amines) is 2. The van der Waals surface area contributed by atoms with Crippen molar-refractivity contribution >= 4 is 5.91 Å². The third-order valence-corrected chi connectivity index (χ3v) is 6.72. The maximum absolute atomic E-state index is 12.9. The summed E-state index contributed by atoms with van der Waals surface area (Å²) in [5.74, 6) is 0.642. The zero-order chi connectivity index (χ0) is 20.0. The smallest absolute Gasteiger partial charge is 0.222 e. The van der Waals surface area contributed by atoms with E-state index in [1.807, 2.05) is 11.0 Å². The molecule has 2 atom stereocenters. The van der Waals surface area contributed by atoms with E-state index in [1.165, 1.54) is 5.56 Å². The predicted molar refractivity (Wildman–Crippen MR) is 111 cm³/mol. The SMILES string of the molecule is CCC[C@@]1(CO)CN(C(=O)CC2CCN(Cc3ccccc3)CC2)CC[C@@H]1O. The first-order chi connectivity index (χ1) is 13.6. The number of benzene rings is 1. The molecule has 156 valence electrons. The minimum absolute atomic E-state index is 0.0519. The third-order valence-electron chi connectivity index (χ3n) is 6.72. The minimum Gasteiger partial charge on any atom is -0.396 e. The second-order valence-corrected chi connectivity index (χ2v) is 8.80. The van der Waals surface area contributed by atoms with Crippen LogP contribution < -0.4 is 0 Å². The van der Waals surface area contributed by atoms with Gasteiger partial charge in [0, 0.05) is 31.5 Å². The fourth-order valence-electron chi connectivity index (χ4n) is 4.91. The molecule has 2 fully saturated rings. The number of hydrogen-bond donors (Lipinski definition) is 2. The van der Waals surface area contributed by atoms with Gasteiger partial charge in [-0.05, 0) is 50.3 Å². The van der Waals surface area contributed by atoms with E-state index in [1.54, 1.807) is 0 Å². The van der Waals surface area contributed by atoms with Crippen LogP contribution in [-0.2, 0) is 11.3 Å². The number of carbonyl (C=O) groups excluding carboxylic acids is 1. The maximum atomic E-state index is 12.9. The fourth-order valence-corrected chi connectivity index (χ4v) is 4.91. The topological polar surface area (TPSA) is 64.0 Å². The van der Waals surface area contributed by atoms with Gasteiger partial charge in [-0.25, -0.2) is 0 Å². The summed E-state index contributed by atoms with van der Waals surface area (Å²) in [6.45, 7) is 6.19. The van der Waals surface area contributed by atoms with Gasteiger partial charge in [0.05, 0.1) is 12.7 Å². The molecular formula is C23H36N2O3. The van der Waals surface area contributed by atoms with E-state index in [4.69, 9.17) is 0 Å². The van der Waals surface area contributed by atoms with Crippen molar-refractivity contribution in [3.8, 4) is 0 Å². The van der Waals surface area contributed by atoms with Crippen molar-refractivity contribution < 1.29 is 15.0 Å². The summed E-state index contributed by atoms with van der Waals surface area (Å²) < 4.78 is 0. The van der Waals surface area contributed by atoms with Crippen LogP contribution in [0.3, 0.4) is 0 Å². The van der Waals surface area contributed by atoms with Gasteiger partial charge >= 0.3 is 0 Å². The number of carbonyl (C=O) groups is 1. The molecule has 3 rings (SSSR count). The van der Waals surface area contributed by atoms with Gasteiger partial charge in [0.25, 0.3) is 0 Å². The number of nitrogens with zero attached hydrogens (tertiary/aromatic N) is 2. The molecule has 28 heavy (non-hydrogen) atoms. The Morgan fingerprint density at radius 2 is 1.86 bits per heavy atom. The Kier molecular flexibility index (Phi) is 7.49. The molecule has 0 aromatic heterocycles. The molecule has 0 saturated carbocycles. The Hall–Kier alpha value is -1.43. The molecule has 2 N–H and O–H groups in total. The number of hydrogen-bond acceptors (Lipinski definition) is 4. The molecule has 0 unspecified atom stereocenters. The Morgan fingerprint density at radius 3 is 2.50 bits per heavy atom. The molecule has 0 radical (unpaired) electrons. The fraction of sp³-hybridized carbons (Fsp3) is 0.696. The maximum Gasteiger partial charge on any atom is 0.222 e. The quantitative estimate of drug-likeness (QED) is 0.754. The Bertz CT molecular complexity index is 616. The van der Waals surface area contributed by atoms with Crippen molar-refractivity contribution in [3.63, 3.8) is 0 Å². The number of amides is 1. The summed E-state index contributed by atoms with van der Waals surface area (Å²) >= 11 is 0. The standard InChI is InChI=1S/C23H36N2O3/c1-2-11-23(18-26)17-25(14-10-21(23)27)22(28)15-19-8-12-24(13-9-19)16-20-6-4-3-5-7-20/h3-7,19,21,26-27H,2,8-18H2,1H3/t21-,23-/m0/s1. The molecule has 2 aliphatic heterocycles. The number of rotatable bonds is 7. The van der Waals surface area contributed by atoms with Gasteiger partial charge in [0.1, 0.15) is 0 Å². The molecule has 5 heteroatoms. The summed E-state index contributed by atoms with van der Waals surface area (Å²) in [5, 5.41) is 20.3. The second kappa shape index (κ2) is 9.86. The molecule has 0 spiro atoms. The summed E-state index contributed by atoms with van der Waals surface area (Å²) in [5.41, 5.74) is 0.807. The van der Waals surface area contributed by atoms with Crippen LogP contribution in [-0.4, -0.2) is 64.8 Å². The highest BCUT2D eigenvalue weighted by Crippen LogP contribution is 2.35. The lowest BCUT2D eigenvalue weighted by molar-refractivity contribution is -0.143. The highest BCUT2D eigenvalue weighted by molar-refractivity contribution is 5.76. The monoisotopic (exact) mass is 388 g/mol. The molecule has 2 heterocycles. The van der Waals surface area contributed by atoms with Crippen LogP contribution in [0.1, 0.15) is 51.0 Å². The number of aliphatic hydroxyl groups excluding tert-OH is 2. The summed E-state index contributed by atoms with van der Waals surface area (Å²) in [7, 11) is 0. The summed E-state index contributed by atoms with van der Waals surface area (Å²) in [6, 6.07) is 10.6. The van der Waals surface area contributed by atoms with Crippen molar-refractivity contribution in [1.29, 1.82) is 0 Å². The lowest BCUT2D eigenvalue weighted by atomic mass is 9.74. The van der Waals surface area contributed by atoms with Gasteiger partial charge in [-0.1, -0.05) is 43.7 Å².